The topological polar surface area (TPSA) is 203 Å². The van der Waals surface area contributed by atoms with E-state index < -0.39 is 60.1 Å². The van der Waals surface area contributed by atoms with Gasteiger partial charge in [-0.25, -0.2) is 9.59 Å². The Bertz CT molecular complexity index is 1210. The lowest BCUT2D eigenvalue weighted by Crippen LogP contribution is -2.56. The molecule has 0 aliphatic heterocycles. The number of aliphatic hydroxyl groups is 1. The number of phenols is 1. The van der Waals surface area contributed by atoms with E-state index in [0.29, 0.717) is 31.2 Å². The molecule has 0 aliphatic rings. The highest BCUT2D eigenvalue weighted by atomic mass is 16.7. The Morgan fingerprint density at radius 3 is 2.13 bits per heavy atom. The average Bonchev–Trinajstić information content (AvgIpc) is 2.99. The number of allylic oxidation sites excluding steroid dienone is 1. The molecular weight excluding hydrogens is 614 g/mol. The van der Waals surface area contributed by atoms with Crippen molar-refractivity contribution >= 4 is 35.6 Å². The number of benzene rings is 1. The SMILES string of the molecule is CCCCCC(=O)CCCCCC/C=C/[C@H](C(=O)N[C@@H](Cc1ccc(O)cc1)C(=O)OC)[C@@](O)(CC(=O)O)C(=O)OC(C)OC(C)=O. The number of methoxy groups -OCH3 is 1. The predicted octanol–water partition coefficient (Wildman–Crippen LogP) is 3.91. The molecule has 4 N–H and O–H groups in total. The van der Waals surface area contributed by atoms with Crippen LogP contribution in [0.5, 0.6) is 5.75 Å². The fraction of sp³-hybridized carbons (Fsp3) is 0.588. The fourth-order valence-corrected chi connectivity index (χ4v) is 4.85. The van der Waals surface area contributed by atoms with E-state index in [1.807, 2.05) is 0 Å². The third-order valence-electron chi connectivity index (χ3n) is 7.32. The lowest BCUT2D eigenvalue weighted by atomic mass is 9.82. The molecule has 0 fully saturated rings. The zero-order valence-corrected chi connectivity index (χ0v) is 27.7. The molecular formula is C34H49NO12. The normalized spacial score (nSPS) is 14.3. The molecule has 47 heavy (non-hydrogen) atoms. The summed E-state index contributed by atoms with van der Waals surface area (Å²) >= 11 is 0. The number of carboxylic acid groups (broad SMARTS) is 1. The number of esters is 3. The van der Waals surface area contributed by atoms with Gasteiger partial charge in [-0.05, 0) is 43.4 Å². The summed E-state index contributed by atoms with van der Waals surface area (Å²) in [5.41, 5.74) is -2.44. The predicted molar refractivity (Wildman–Crippen MR) is 170 cm³/mol. The Morgan fingerprint density at radius 2 is 1.55 bits per heavy atom. The third-order valence-corrected chi connectivity index (χ3v) is 7.32. The number of rotatable bonds is 23. The number of nitrogens with one attached hydrogen (secondary N) is 1. The van der Waals surface area contributed by atoms with Crippen LogP contribution >= 0.6 is 0 Å². The quantitative estimate of drug-likeness (QED) is 0.0570. The molecule has 0 heterocycles. The van der Waals surface area contributed by atoms with E-state index in [1.54, 1.807) is 0 Å². The molecule has 1 amide bonds. The molecule has 13 nitrogen and oxygen atoms in total. The van der Waals surface area contributed by atoms with Crippen LogP contribution in [-0.4, -0.2) is 75.9 Å². The highest BCUT2D eigenvalue weighted by molar-refractivity contribution is 5.95. The van der Waals surface area contributed by atoms with Gasteiger partial charge in [-0.2, -0.15) is 0 Å². The molecule has 0 saturated carbocycles. The second-order valence-corrected chi connectivity index (χ2v) is 11.4. The molecule has 0 bridgehead atoms. The first-order valence-electron chi connectivity index (χ1n) is 15.9. The van der Waals surface area contributed by atoms with Crippen LogP contribution in [0.3, 0.4) is 0 Å². The van der Waals surface area contributed by atoms with Crippen molar-refractivity contribution in [3.63, 3.8) is 0 Å². The summed E-state index contributed by atoms with van der Waals surface area (Å²) in [5, 5.41) is 33.1. The maximum Gasteiger partial charge on any atom is 0.342 e. The molecule has 1 rings (SSSR count). The smallest absolute Gasteiger partial charge is 0.342 e. The summed E-state index contributed by atoms with van der Waals surface area (Å²) in [4.78, 5) is 74.6. The molecule has 1 unspecified atom stereocenters. The van der Waals surface area contributed by atoms with Crippen LogP contribution in [0.2, 0.25) is 0 Å². The minimum atomic E-state index is -2.97. The first-order valence-corrected chi connectivity index (χ1v) is 15.9. The maximum atomic E-state index is 13.7. The fourth-order valence-electron chi connectivity index (χ4n) is 4.85. The lowest BCUT2D eigenvalue weighted by Gasteiger charge is -2.32. The number of aliphatic carboxylic acids is 1. The second-order valence-electron chi connectivity index (χ2n) is 11.4. The summed E-state index contributed by atoms with van der Waals surface area (Å²) in [6.45, 7) is 4.31. The molecule has 0 spiro atoms. The molecule has 0 aliphatic carbocycles. The van der Waals surface area contributed by atoms with E-state index in [0.717, 1.165) is 52.6 Å². The Morgan fingerprint density at radius 1 is 0.936 bits per heavy atom. The van der Waals surface area contributed by atoms with Crippen LogP contribution in [0.15, 0.2) is 36.4 Å². The van der Waals surface area contributed by atoms with Crippen molar-refractivity contribution < 1.29 is 58.3 Å². The molecule has 4 atom stereocenters. The standard InChI is InChI=1S/C34H49NO12/c1-5-6-11-14-26(37)15-12-9-7-8-10-13-16-28(34(44,22-30(39)40)33(43)47-24(3)46-23(2)36)31(41)35-29(32(42)45-4)21-25-17-19-27(38)20-18-25/h13,16-20,24,28-29,38,44H,5-12,14-15,21-22H2,1-4H3,(H,35,41)(H,39,40)/b16-13+/t24?,28-,29+,34+/m1/s1. The first-order chi connectivity index (χ1) is 22.2. The van der Waals surface area contributed by atoms with Crippen molar-refractivity contribution in [2.45, 2.75) is 116 Å². The van der Waals surface area contributed by atoms with Gasteiger partial charge < -0.3 is 34.8 Å². The molecule has 262 valence electrons. The summed E-state index contributed by atoms with van der Waals surface area (Å²) in [7, 11) is 1.10. The van der Waals surface area contributed by atoms with E-state index >= 15 is 0 Å². The number of ether oxygens (including phenoxy) is 3. The van der Waals surface area contributed by atoms with E-state index in [4.69, 9.17) is 14.2 Å². The average molecular weight is 664 g/mol. The van der Waals surface area contributed by atoms with Gasteiger partial charge in [0.25, 0.3) is 0 Å². The van der Waals surface area contributed by atoms with Gasteiger partial charge >= 0.3 is 23.9 Å². The van der Waals surface area contributed by atoms with Crippen molar-refractivity contribution in [3.8, 4) is 5.75 Å². The molecule has 0 saturated heterocycles. The number of carbonyl (C=O) groups excluding carboxylic acids is 5. The summed E-state index contributed by atoms with van der Waals surface area (Å²) in [6, 6.07) is 4.49. The third kappa shape index (κ3) is 15.7. The largest absolute Gasteiger partial charge is 0.508 e. The van der Waals surface area contributed by atoms with Gasteiger partial charge in [0.2, 0.25) is 12.2 Å². The number of ketones is 1. The van der Waals surface area contributed by atoms with Crippen LogP contribution < -0.4 is 5.32 Å². The van der Waals surface area contributed by atoms with E-state index in [-0.39, 0.29) is 18.0 Å². The number of carbonyl (C=O) groups is 6. The molecule has 1 aromatic rings. The van der Waals surface area contributed by atoms with Crippen LogP contribution in [-0.2, 0) is 49.4 Å². The number of carboxylic acids is 1. The molecule has 13 heteroatoms. The number of hydrogen-bond acceptors (Lipinski definition) is 11. The molecule has 0 aromatic heterocycles. The number of Topliss-reactive ketones (excluding diaryl/α,β-unsaturated/α-hetero) is 1. The second kappa shape index (κ2) is 21.5. The summed E-state index contributed by atoms with van der Waals surface area (Å²) < 4.78 is 14.6. The molecule has 1 aromatic carbocycles. The van der Waals surface area contributed by atoms with Crippen molar-refractivity contribution in [2.75, 3.05) is 7.11 Å². The number of amides is 1. The van der Waals surface area contributed by atoms with E-state index in [2.05, 4.69) is 12.2 Å². The van der Waals surface area contributed by atoms with Gasteiger partial charge in [0.05, 0.1) is 19.4 Å². The van der Waals surface area contributed by atoms with Gasteiger partial charge in [-0.3, -0.25) is 19.2 Å². The van der Waals surface area contributed by atoms with Crippen molar-refractivity contribution in [2.24, 2.45) is 5.92 Å². The monoisotopic (exact) mass is 663 g/mol. The Hall–Kier alpha value is -4.26. The zero-order chi connectivity index (χ0) is 35.4. The highest BCUT2D eigenvalue weighted by Crippen LogP contribution is 2.28. The number of unbranched alkanes of at least 4 members (excludes halogenated alkanes) is 6. The van der Waals surface area contributed by atoms with E-state index in [1.165, 1.54) is 43.3 Å². The van der Waals surface area contributed by atoms with Crippen LogP contribution in [0.4, 0.5) is 0 Å². The summed E-state index contributed by atoms with van der Waals surface area (Å²) in [5.74, 6) is -7.53. The lowest BCUT2D eigenvalue weighted by molar-refractivity contribution is -0.203. The number of phenolic OH excluding ortho intramolecular Hbond substituents is 1. The maximum absolute atomic E-state index is 13.7. The van der Waals surface area contributed by atoms with Gasteiger partial charge in [0.15, 0.2) is 5.60 Å². The van der Waals surface area contributed by atoms with Crippen LogP contribution in [0, 0.1) is 5.92 Å². The Labute approximate surface area is 275 Å². The zero-order valence-electron chi connectivity index (χ0n) is 27.7. The van der Waals surface area contributed by atoms with Gasteiger partial charge in [-0.15, -0.1) is 0 Å². The van der Waals surface area contributed by atoms with Gasteiger partial charge in [-0.1, -0.05) is 56.9 Å². The van der Waals surface area contributed by atoms with Gasteiger partial charge in [0, 0.05) is 33.1 Å². The first kappa shape index (κ1) is 40.8. The van der Waals surface area contributed by atoms with Crippen molar-refractivity contribution in [1.82, 2.24) is 5.32 Å². The minimum Gasteiger partial charge on any atom is -0.508 e. The minimum absolute atomic E-state index is 0.0197. The van der Waals surface area contributed by atoms with Crippen molar-refractivity contribution in [1.29, 1.82) is 0 Å². The number of hydrogen-bond donors (Lipinski definition) is 4. The van der Waals surface area contributed by atoms with Crippen LogP contribution in [0.1, 0.15) is 97.0 Å². The Kier molecular flexibility index (Phi) is 18.7. The summed E-state index contributed by atoms with van der Waals surface area (Å²) in [6.07, 6.45) is 7.29. The van der Waals surface area contributed by atoms with Crippen molar-refractivity contribution in [3.05, 3.63) is 42.0 Å². The highest BCUT2D eigenvalue weighted by Gasteiger charge is 2.51. The van der Waals surface area contributed by atoms with Crippen LogP contribution in [0.25, 0.3) is 0 Å². The van der Waals surface area contributed by atoms with E-state index in [9.17, 15) is 44.1 Å². The van der Waals surface area contributed by atoms with Gasteiger partial charge in [0.1, 0.15) is 17.6 Å². The Balaban J connectivity index is 3.18. The number of aromatic hydroxyl groups is 1. The molecule has 0 radical (unpaired) electrons.